The van der Waals surface area contributed by atoms with Gasteiger partial charge in [0.1, 0.15) is 0 Å². The van der Waals surface area contributed by atoms with Crippen molar-refractivity contribution < 1.29 is 5.11 Å². The van der Waals surface area contributed by atoms with Crippen LogP contribution in [0.5, 0.6) is 0 Å². The van der Waals surface area contributed by atoms with E-state index < -0.39 is 0 Å². The van der Waals surface area contributed by atoms with Crippen molar-refractivity contribution in [2.75, 3.05) is 26.7 Å². The Morgan fingerprint density at radius 3 is 2.44 bits per heavy atom. The standard InChI is InChI=1S/C15H32N2O/c1-5-15(12-18,16-4)9-6-10-17(11-13(2)3)14-7-8-14/h13-14,16,18H,5-12H2,1-4H3. The van der Waals surface area contributed by atoms with Gasteiger partial charge in [0.05, 0.1) is 6.61 Å². The highest BCUT2D eigenvalue weighted by atomic mass is 16.3. The Balaban J connectivity index is 2.33. The summed E-state index contributed by atoms with van der Waals surface area (Å²) >= 11 is 0. The number of nitrogens with one attached hydrogen (secondary N) is 1. The summed E-state index contributed by atoms with van der Waals surface area (Å²) in [7, 11) is 1.96. The lowest BCUT2D eigenvalue weighted by Gasteiger charge is -2.32. The molecule has 0 radical (unpaired) electrons. The molecule has 18 heavy (non-hydrogen) atoms. The Kier molecular flexibility index (Phi) is 6.61. The minimum atomic E-state index is -0.0624. The molecule has 1 unspecified atom stereocenters. The minimum absolute atomic E-state index is 0.0624. The molecule has 0 saturated heterocycles. The first-order chi connectivity index (χ1) is 8.56. The van der Waals surface area contributed by atoms with Crippen molar-refractivity contribution >= 4 is 0 Å². The van der Waals surface area contributed by atoms with E-state index in [2.05, 4.69) is 31.0 Å². The van der Waals surface area contributed by atoms with Crippen LogP contribution in [-0.2, 0) is 0 Å². The summed E-state index contributed by atoms with van der Waals surface area (Å²) in [5.41, 5.74) is -0.0624. The van der Waals surface area contributed by atoms with Gasteiger partial charge in [0.25, 0.3) is 0 Å². The predicted molar refractivity (Wildman–Crippen MR) is 77.8 cm³/mol. The van der Waals surface area contributed by atoms with Crippen molar-refractivity contribution in [3.63, 3.8) is 0 Å². The third-order valence-corrected chi connectivity index (χ3v) is 4.27. The van der Waals surface area contributed by atoms with Gasteiger partial charge in [-0.1, -0.05) is 20.8 Å². The van der Waals surface area contributed by atoms with E-state index in [4.69, 9.17) is 0 Å². The molecule has 0 aromatic carbocycles. The summed E-state index contributed by atoms with van der Waals surface area (Å²) in [5.74, 6) is 0.753. The van der Waals surface area contributed by atoms with Crippen LogP contribution in [0.15, 0.2) is 0 Å². The van der Waals surface area contributed by atoms with E-state index in [1.165, 1.54) is 32.4 Å². The highest BCUT2D eigenvalue weighted by molar-refractivity contribution is 4.88. The first-order valence-corrected chi connectivity index (χ1v) is 7.60. The summed E-state index contributed by atoms with van der Waals surface area (Å²) in [6, 6.07) is 0.854. The Morgan fingerprint density at radius 1 is 1.39 bits per heavy atom. The second kappa shape index (κ2) is 7.46. The largest absolute Gasteiger partial charge is 0.394 e. The molecule has 0 heterocycles. The molecular weight excluding hydrogens is 224 g/mol. The quantitative estimate of drug-likeness (QED) is 0.629. The van der Waals surface area contributed by atoms with Gasteiger partial charge in [-0.3, -0.25) is 0 Å². The Morgan fingerprint density at radius 2 is 2.06 bits per heavy atom. The summed E-state index contributed by atoms with van der Waals surface area (Å²) in [5, 5.41) is 12.8. The van der Waals surface area contributed by atoms with Crippen LogP contribution in [0.4, 0.5) is 0 Å². The minimum Gasteiger partial charge on any atom is -0.394 e. The number of hydrogen-bond acceptors (Lipinski definition) is 3. The molecule has 0 aromatic rings. The first kappa shape index (κ1) is 15.9. The molecule has 1 atom stereocenters. The van der Waals surface area contributed by atoms with Crippen molar-refractivity contribution in [2.24, 2.45) is 5.92 Å². The maximum Gasteiger partial charge on any atom is 0.0613 e. The zero-order valence-electron chi connectivity index (χ0n) is 12.7. The van der Waals surface area contributed by atoms with Crippen molar-refractivity contribution in [1.82, 2.24) is 10.2 Å². The molecule has 1 fully saturated rings. The fourth-order valence-electron chi connectivity index (χ4n) is 2.70. The Labute approximate surface area is 113 Å². The zero-order chi connectivity index (χ0) is 13.6. The van der Waals surface area contributed by atoms with Gasteiger partial charge in [-0.25, -0.2) is 0 Å². The summed E-state index contributed by atoms with van der Waals surface area (Å²) in [6.45, 7) is 9.40. The van der Waals surface area contributed by atoms with Crippen LogP contribution >= 0.6 is 0 Å². The van der Waals surface area contributed by atoms with Crippen molar-refractivity contribution in [1.29, 1.82) is 0 Å². The fourth-order valence-corrected chi connectivity index (χ4v) is 2.70. The van der Waals surface area contributed by atoms with Crippen LogP contribution in [0, 0.1) is 5.92 Å². The van der Waals surface area contributed by atoms with Crippen LogP contribution in [0.2, 0.25) is 0 Å². The van der Waals surface area contributed by atoms with E-state index >= 15 is 0 Å². The number of rotatable bonds is 10. The van der Waals surface area contributed by atoms with E-state index in [-0.39, 0.29) is 12.1 Å². The number of hydrogen-bond donors (Lipinski definition) is 2. The summed E-state index contributed by atoms with van der Waals surface area (Å²) < 4.78 is 0. The normalized spacial score (nSPS) is 19.5. The van der Waals surface area contributed by atoms with Crippen LogP contribution < -0.4 is 5.32 Å². The second-order valence-electron chi connectivity index (χ2n) is 6.27. The third-order valence-electron chi connectivity index (χ3n) is 4.27. The average Bonchev–Trinajstić information content (AvgIpc) is 3.17. The molecule has 3 nitrogen and oxygen atoms in total. The van der Waals surface area contributed by atoms with Gasteiger partial charge in [-0.05, 0) is 51.6 Å². The Bertz CT molecular complexity index is 214. The SMILES string of the molecule is CCC(CO)(CCCN(CC(C)C)C1CC1)NC. The van der Waals surface area contributed by atoms with Gasteiger partial charge in [0.15, 0.2) is 0 Å². The maximum atomic E-state index is 9.53. The van der Waals surface area contributed by atoms with E-state index in [1.54, 1.807) is 0 Å². The van der Waals surface area contributed by atoms with Crippen LogP contribution in [0.25, 0.3) is 0 Å². The number of nitrogens with zero attached hydrogens (tertiary/aromatic N) is 1. The van der Waals surface area contributed by atoms with Gasteiger partial charge in [-0.15, -0.1) is 0 Å². The van der Waals surface area contributed by atoms with E-state index in [1.807, 2.05) is 7.05 Å². The average molecular weight is 256 g/mol. The highest BCUT2D eigenvalue weighted by Crippen LogP contribution is 2.28. The third kappa shape index (κ3) is 4.87. The molecule has 2 N–H and O–H groups in total. The molecule has 1 aliphatic rings. The predicted octanol–water partition coefficient (Wildman–Crippen LogP) is 2.25. The zero-order valence-corrected chi connectivity index (χ0v) is 12.7. The van der Waals surface area contributed by atoms with Crippen molar-refractivity contribution in [3.8, 4) is 0 Å². The van der Waals surface area contributed by atoms with Crippen LogP contribution in [-0.4, -0.2) is 48.3 Å². The number of aliphatic hydroxyl groups is 1. The number of aliphatic hydroxyl groups excluding tert-OH is 1. The summed E-state index contributed by atoms with van der Waals surface area (Å²) in [4.78, 5) is 2.65. The topological polar surface area (TPSA) is 35.5 Å². The van der Waals surface area contributed by atoms with Crippen molar-refractivity contribution in [3.05, 3.63) is 0 Å². The summed E-state index contributed by atoms with van der Waals surface area (Å²) in [6.07, 6.45) is 6.01. The van der Waals surface area contributed by atoms with Gasteiger partial charge in [-0.2, -0.15) is 0 Å². The van der Waals surface area contributed by atoms with Crippen molar-refractivity contribution in [2.45, 2.75) is 64.5 Å². The number of likely N-dealkylation sites (N-methyl/N-ethyl adjacent to an activating group) is 1. The molecule has 0 bridgehead atoms. The molecule has 0 aliphatic heterocycles. The first-order valence-electron chi connectivity index (χ1n) is 7.60. The van der Waals surface area contributed by atoms with E-state index in [0.717, 1.165) is 24.8 Å². The smallest absolute Gasteiger partial charge is 0.0613 e. The molecule has 1 saturated carbocycles. The Hall–Kier alpha value is -0.120. The lowest BCUT2D eigenvalue weighted by molar-refractivity contribution is 0.142. The lowest BCUT2D eigenvalue weighted by atomic mass is 9.91. The van der Waals surface area contributed by atoms with Gasteiger partial charge < -0.3 is 15.3 Å². The molecule has 0 amide bonds. The molecule has 0 spiro atoms. The molecule has 1 rings (SSSR count). The van der Waals surface area contributed by atoms with Gasteiger partial charge >= 0.3 is 0 Å². The van der Waals surface area contributed by atoms with Gasteiger partial charge in [0, 0.05) is 18.1 Å². The second-order valence-corrected chi connectivity index (χ2v) is 6.27. The van der Waals surface area contributed by atoms with E-state index in [9.17, 15) is 5.11 Å². The fraction of sp³-hybridized carbons (Fsp3) is 1.00. The molecule has 1 aliphatic carbocycles. The lowest BCUT2D eigenvalue weighted by Crippen LogP contribution is -2.46. The van der Waals surface area contributed by atoms with E-state index in [0.29, 0.717) is 0 Å². The molecule has 3 heteroatoms. The van der Waals surface area contributed by atoms with Crippen LogP contribution in [0.3, 0.4) is 0 Å². The molecular formula is C15H32N2O. The maximum absolute atomic E-state index is 9.53. The monoisotopic (exact) mass is 256 g/mol. The van der Waals surface area contributed by atoms with Gasteiger partial charge in [0.2, 0.25) is 0 Å². The molecule has 0 aromatic heterocycles. The van der Waals surface area contributed by atoms with Crippen LogP contribution in [0.1, 0.15) is 52.9 Å². The molecule has 108 valence electrons. The highest BCUT2D eigenvalue weighted by Gasteiger charge is 2.30.